The molecule has 1 amide bonds. The van der Waals surface area contributed by atoms with Crippen molar-refractivity contribution in [3.8, 4) is 11.1 Å². The molecular formula is C31H27ClF2N4O2. The molecule has 2 aromatic heterocycles. The first kappa shape index (κ1) is 27.3. The number of carbonyl (C=O) groups is 1. The van der Waals surface area contributed by atoms with Crippen LogP contribution in [0.2, 0.25) is 5.02 Å². The van der Waals surface area contributed by atoms with Gasteiger partial charge in [0.2, 0.25) is 0 Å². The highest BCUT2D eigenvalue weighted by Gasteiger charge is 2.23. The molecule has 0 saturated carbocycles. The molecule has 0 saturated heterocycles. The summed E-state index contributed by atoms with van der Waals surface area (Å²) in [6, 6.07) is 20.7. The lowest BCUT2D eigenvalue weighted by Gasteiger charge is -2.21. The van der Waals surface area contributed by atoms with E-state index in [1.807, 2.05) is 30.3 Å². The van der Waals surface area contributed by atoms with Gasteiger partial charge in [0.05, 0.1) is 33.4 Å². The topological polar surface area (TPSA) is 79.9 Å². The summed E-state index contributed by atoms with van der Waals surface area (Å²) >= 11 is 6.10. The van der Waals surface area contributed by atoms with E-state index < -0.39 is 17.5 Å². The highest BCUT2D eigenvalue weighted by Crippen LogP contribution is 2.36. The van der Waals surface area contributed by atoms with Crippen molar-refractivity contribution in [2.45, 2.75) is 38.7 Å². The first-order valence-electron chi connectivity index (χ1n) is 12.7. The maximum atomic E-state index is 15.3. The van der Waals surface area contributed by atoms with Crippen LogP contribution in [0.1, 0.15) is 43.8 Å². The number of benzene rings is 3. The second kappa shape index (κ2) is 11.1. The zero-order valence-electron chi connectivity index (χ0n) is 22.1. The van der Waals surface area contributed by atoms with Crippen LogP contribution in [0.15, 0.2) is 79.0 Å². The smallest absolute Gasteiger partial charge is 0.412 e. The van der Waals surface area contributed by atoms with Crippen LogP contribution < -0.4 is 5.32 Å². The summed E-state index contributed by atoms with van der Waals surface area (Å²) in [5.41, 5.74) is 2.95. The normalized spacial score (nSPS) is 12.3. The minimum atomic E-state index is -0.728. The molecule has 0 radical (unpaired) electrons. The summed E-state index contributed by atoms with van der Waals surface area (Å²) in [6.07, 6.45) is 1.39. The van der Waals surface area contributed by atoms with Crippen LogP contribution in [0.5, 0.6) is 0 Å². The van der Waals surface area contributed by atoms with E-state index in [0.29, 0.717) is 34.5 Å². The van der Waals surface area contributed by atoms with Crippen LogP contribution in [-0.2, 0) is 11.2 Å². The van der Waals surface area contributed by atoms with Crippen LogP contribution in [0, 0.1) is 11.6 Å². The standard InChI is InChI=1S/C31H27ClF2N4O2/c1-31(2,3)40-30(39)38-25-14-11-22(32)28(34)27(25)19-9-12-23(35-17-19)21(15-18-7-5-4-6-8-18)29-36-24-13-10-20(33)16-26(24)37-29/h4-14,16-17,21H,15H2,1-3H3,(H,36,37)(H,38,39). The number of ether oxygens (including phenoxy) is 1. The average molecular weight is 561 g/mol. The Hall–Kier alpha value is -4.30. The quantitative estimate of drug-likeness (QED) is 0.219. The number of imidazole rings is 1. The molecule has 0 aliphatic rings. The van der Waals surface area contributed by atoms with Gasteiger partial charge in [-0.25, -0.2) is 18.6 Å². The van der Waals surface area contributed by atoms with Crippen molar-refractivity contribution < 1.29 is 18.3 Å². The summed E-state index contributed by atoms with van der Waals surface area (Å²) in [5.74, 6) is -0.724. The van der Waals surface area contributed by atoms with Gasteiger partial charge < -0.3 is 9.72 Å². The number of H-pyrrole nitrogens is 1. The number of hydrogen-bond donors (Lipinski definition) is 2. The van der Waals surface area contributed by atoms with E-state index in [1.54, 1.807) is 39.0 Å². The monoisotopic (exact) mass is 560 g/mol. The van der Waals surface area contributed by atoms with Crippen molar-refractivity contribution in [2.75, 3.05) is 5.32 Å². The first-order valence-corrected chi connectivity index (χ1v) is 13.1. The van der Waals surface area contributed by atoms with Gasteiger partial charge in [0.1, 0.15) is 17.2 Å². The second-order valence-electron chi connectivity index (χ2n) is 10.4. The average Bonchev–Trinajstić information content (AvgIpc) is 3.32. The number of nitrogens with zero attached hydrogens (tertiary/aromatic N) is 2. The van der Waals surface area contributed by atoms with Crippen LogP contribution >= 0.6 is 11.6 Å². The highest BCUT2D eigenvalue weighted by molar-refractivity contribution is 6.31. The third-order valence-electron chi connectivity index (χ3n) is 6.24. The molecule has 204 valence electrons. The van der Waals surface area contributed by atoms with E-state index in [-0.39, 0.29) is 28.0 Å². The number of fused-ring (bicyclic) bond motifs is 1. The summed E-state index contributed by atoms with van der Waals surface area (Å²) < 4.78 is 34.5. The Bertz CT molecular complexity index is 1670. The maximum Gasteiger partial charge on any atom is 0.412 e. The van der Waals surface area contributed by atoms with Gasteiger partial charge in [0, 0.05) is 23.4 Å². The van der Waals surface area contributed by atoms with Crippen molar-refractivity contribution in [2.24, 2.45) is 0 Å². The van der Waals surface area contributed by atoms with Gasteiger partial charge in [0.15, 0.2) is 5.82 Å². The Kier molecular flexibility index (Phi) is 7.54. The van der Waals surface area contributed by atoms with Crippen molar-refractivity contribution in [1.29, 1.82) is 0 Å². The fraction of sp³-hybridized carbons (Fsp3) is 0.194. The molecule has 1 atom stereocenters. The predicted octanol–water partition coefficient (Wildman–Crippen LogP) is 8.28. The van der Waals surface area contributed by atoms with Crippen molar-refractivity contribution in [3.63, 3.8) is 0 Å². The number of halogens is 3. The number of carbonyl (C=O) groups excluding carboxylic acids is 1. The molecule has 5 aromatic rings. The molecular weight excluding hydrogens is 534 g/mol. The van der Waals surface area contributed by atoms with E-state index in [4.69, 9.17) is 16.3 Å². The number of amides is 1. The molecule has 3 aromatic carbocycles. The summed E-state index contributed by atoms with van der Waals surface area (Å²) in [5, 5.41) is 2.52. The first-order chi connectivity index (χ1) is 19.1. The molecule has 0 aliphatic heterocycles. The van der Waals surface area contributed by atoms with E-state index in [0.717, 1.165) is 5.56 Å². The van der Waals surface area contributed by atoms with Gasteiger partial charge >= 0.3 is 6.09 Å². The Morgan fingerprint density at radius 3 is 2.52 bits per heavy atom. The molecule has 0 spiro atoms. The lowest BCUT2D eigenvalue weighted by atomic mass is 9.94. The van der Waals surface area contributed by atoms with Gasteiger partial charge in [-0.1, -0.05) is 48.0 Å². The zero-order chi connectivity index (χ0) is 28.4. The van der Waals surface area contributed by atoms with Crippen molar-refractivity contribution in [3.05, 3.63) is 113 Å². The minimum absolute atomic E-state index is 0.0923. The van der Waals surface area contributed by atoms with Crippen molar-refractivity contribution in [1.82, 2.24) is 15.0 Å². The molecule has 0 bridgehead atoms. The van der Waals surface area contributed by atoms with Crippen molar-refractivity contribution >= 4 is 34.4 Å². The lowest BCUT2D eigenvalue weighted by Crippen LogP contribution is -2.27. The van der Waals surface area contributed by atoms with E-state index in [9.17, 15) is 9.18 Å². The SMILES string of the molecule is CC(C)(C)OC(=O)Nc1ccc(Cl)c(F)c1-c1ccc(C(Cc2ccccc2)c2nc3cc(F)ccc3[nH]2)nc1. The fourth-order valence-electron chi connectivity index (χ4n) is 4.46. The van der Waals surface area contributed by atoms with Crippen LogP contribution in [0.3, 0.4) is 0 Å². The van der Waals surface area contributed by atoms with E-state index in [2.05, 4.69) is 20.3 Å². The van der Waals surface area contributed by atoms with Crippen LogP contribution in [0.25, 0.3) is 22.2 Å². The number of nitrogens with one attached hydrogen (secondary N) is 2. The van der Waals surface area contributed by atoms with Crippen LogP contribution in [-0.4, -0.2) is 26.6 Å². The Morgan fingerprint density at radius 2 is 1.82 bits per heavy atom. The zero-order valence-corrected chi connectivity index (χ0v) is 22.9. The largest absolute Gasteiger partial charge is 0.444 e. The van der Waals surface area contributed by atoms with E-state index >= 15 is 4.39 Å². The second-order valence-corrected chi connectivity index (χ2v) is 10.8. The van der Waals surface area contributed by atoms with Gasteiger partial charge in [-0.3, -0.25) is 10.3 Å². The Morgan fingerprint density at radius 1 is 1.05 bits per heavy atom. The van der Waals surface area contributed by atoms with Crippen LogP contribution in [0.4, 0.5) is 19.3 Å². The number of anilines is 1. The number of aromatic nitrogens is 3. The number of hydrogen-bond acceptors (Lipinski definition) is 4. The summed E-state index contributed by atoms with van der Waals surface area (Å²) in [6.45, 7) is 5.22. The predicted molar refractivity (Wildman–Crippen MR) is 153 cm³/mol. The number of pyridine rings is 1. The third kappa shape index (κ3) is 6.13. The van der Waals surface area contributed by atoms with Gasteiger partial charge in [0.25, 0.3) is 0 Å². The molecule has 0 aliphatic carbocycles. The molecule has 40 heavy (non-hydrogen) atoms. The summed E-state index contributed by atoms with van der Waals surface area (Å²) in [4.78, 5) is 25.1. The Balaban J connectivity index is 1.52. The molecule has 6 nitrogen and oxygen atoms in total. The molecule has 2 heterocycles. The van der Waals surface area contributed by atoms with E-state index in [1.165, 1.54) is 30.5 Å². The molecule has 9 heteroatoms. The molecule has 0 fully saturated rings. The van der Waals surface area contributed by atoms with Gasteiger partial charge in [-0.15, -0.1) is 0 Å². The lowest BCUT2D eigenvalue weighted by molar-refractivity contribution is 0.0636. The number of rotatable bonds is 6. The molecule has 1 unspecified atom stereocenters. The minimum Gasteiger partial charge on any atom is -0.444 e. The van der Waals surface area contributed by atoms with Gasteiger partial charge in [-0.05, 0) is 63.1 Å². The van der Waals surface area contributed by atoms with Gasteiger partial charge in [-0.2, -0.15) is 0 Å². The number of aromatic amines is 1. The fourth-order valence-corrected chi connectivity index (χ4v) is 4.62. The third-order valence-corrected chi connectivity index (χ3v) is 6.53. The maximum absolute atomic E-state index is 15.3. The Labute approximate surface area is 235 Å². The highest BCUT2D eigenvalue weighted by atomic mass is 35.5. The molecule has 2 N–H and O–H groups in total. The molecule has 5 rings (SSSR count). The summed E-state index contributed by atoms with van der Waals surface area (Å²) in [7, 11) is 0.